The summed E-state index contributed by atoms with van der Waals surface area (Å²) in [7, 11) is 1.85. The van der Waals surface area contributed by atoms with E-state index in [2.05, 4.69) is 31.2 Å². The molecule has 1 aromatic rings. The van der Waals surface area contributed by atoms with Crippen molar-refractivity contribution in [3.63, 3.8) is 0 Å². The van der Waals surface area contributed by atoms with Crippen LogP contribution in [0.25, 0.3) is 0 Å². The number of fused-ring (bicyclic) bond motifs is 1. The Hall–Kier alpha value is -1.30. The third-order valence-electron chi connectivity index (χ3n) is 2.08. The number of aromatic nitrogens is 2. The number of hydrogen-bond acceptors (Lipinski definition) is 3. The number of anilines is 1. The number of amides is 1. The van der Waals surface area contributed by atoms with Gasteiger partial charge >= 0.3 is 0 Å². The fraction of sp³-hybridized carbons (Fsp3) is 0.250. The van der Waals surface area contributed by atoms with Gasteiger partial charge in [0.2, 0.25) is 0 Å². The first kappa shape index (κ1) is 9.26. The van der Waals surface area contributed by atoms with Gasteiger partial charge in [0.15, 0.2) is 10.6 Å². The van der Waals surface area contributed by atoms with Crippen molar-refractivity contribution in [1.82, 2.24) is 15.3 Å². The average Bonchev–Trinajstić information content (AvgIpc) is 2.54. The Bertz CT molecular complexity index is 423. The summed E-state index contributed by atoms with van der Waals surface area (Å²) in [6, 6.07) is 0. The molecule has 1 amide bonds. The lowest BCUT2D eigenvalue weighted by Gasteiger charge is -2.25. The van der Waals surface area contributed by atoms with E-state index in [0.717, 1.165) is 5.82 Å². The number of nitrogens with one attached hydrogen (secondary N) is 2. The Kier molecular flexibility index (Phi) is 2.07. The first-order valence-corrected chi connectivity index (χ1v) is 4.89. The summed E-state index contributed by atoms with van der Waals surface area (Å²) >= 11 is 3.20. The van der Waals surface area contributed by atoms with Crippen LogP contribution >= 0.6 is 15.9 Å². The Balaban J connectivity index is 2.56. The Morgan fingerprint density at radius 2 is 2.29 bits per heavy atom. The van der Waals surface area contributed by atoms with Gasteiger partial charge in [0, 0.05) is 7.05 Å². The largest absolute Gasteiger partial charge is 0.327 e. The summed E-state index contributed by atoms with van der Waals surface area (Å²) in [5.41, 5.74) is 0.477. The molecule has 2 rings (SSSR count). The molecular weight excluding hydrogens is 248 g/mol. The van der Waals surface area contributed by atoms with Crippen LogP contribution in [0.3, 0.4) is 0 Å². The van der Waals surface area contributed by atoms with Crippen LogP contribution in [0, 0.1) is 0 Å². The second-order valence-electron chi connectivity index (χ2n) is 2.91. The molecule has 14 heavy (non-hydrogen) atoms. The van der Waals surface area contributed by atoms with Crippen LogP contribution in [0.5, 0.6) is 0 Å². The summed E-state index contributed by atoms with van der Waals surface area (Å²) in [5, 5.41) is 2.74. The van der Waals surface area contributed by atoms with Crippen molar-refractivity contribution in [3.8, 4) is 0 Å². The zero-order chi connectivity index (χ0) is 10.3. The monoisotopic (exact) mass is 256 g/mol. The first-order valence-electron chi connectivity index (χ1n) is 4.10. The molecule has 2 N–H and O–H groups in total. The van der Waals surface area contributed by atoms with Gasteiger partial charge in [-0.2, -0.15) is 0 Å². The van der Waals surface area contributed by atoms with Crippen molar-refractivity contribution in [2.75, 3.05) is 11.9 Å². The van der Waals surface area contributed by atoms with Crippen LogP contribution in [0.2, 0.25) is 0 Å². The minimum atomic E-state index is -0.163. The molecular formula is C8H9BrN4O. The predicted molar refractivity (Wildman–Crippen MR) is 55.9 cm³/mol. The van der Waals surface area contributed by atoms with Gasteiger partial charge in [-0.3, -0.25) is 4.79 Å². The van der Waals surface area contributed by atoms with Gasteiger partial charge < -0.3 is 15.2 Å². The number of halogens is 1. The molecule has 0 spiro atoms. The summed E-state index contributed by atoms with van der Waals surface area (Å²) in [6.45, 7) is 1.86. The Morgan fingerprint density at radius 1 is 1.57 bits per heavy atom. The SMILES string of the molecule is CC=C1NC(=O)c2[nH]c(Br)nc2N1C. The highest BCUT2D eigenvalue weighted by Crippen LogP contribution is 2.25. The fourth-order valence-corrected chi connectivity index (χ4v) is 1.75. The number of hydrogen-bond donors (Lipinski definition) is 2. The van der Waals surface area contributed by atoms with Crippen molar-refractivity contribution in [2.24, 2.45) is 0 Å². The minimum Gasteiger partial charge on any atom is -0.327 e. The highest BCUT2D eigenvalue weighted by Gasteiger charge is 2.27. The Morgan fingerprint density at radius 3 is 2.93 bits per heavy atom. The number of H-pyrrole nitrogens is 1. The summed E-state index contributed by atoms with van der Waals surface area (Å²) in [6.07, 6.45) is 1.82. The molecule has 1 aliphatic rings. The van der Waals surface area contributed by atoms with E-state index in [1.165, 1.54) is 0 Å². The van der Waals surface area contributed by atoms with E-state index >= 15 is 0 Å². The van der Waals surface area contributed by atoms with Crippen LogP contribution in [0.15, 0.2) is 16.6 Å². The van der Waals surface area contributed by atoms with Crippen molar-refractivity contribution in [3.05, 3.63) is 22.3 Å². The van der Waals surface area contributed by atoms with Gasteiger partial charge in [0.05, 0.1) is 0 Å². The van der Waals surface area contributed by atoms with E-state index < -0.39 is 0 Å². The maximum absolute atomic E-state index is 11.5. The van der Waals surface area contributed by atoms with Gasteiger partial charge in [-0.1, -0.05) is 0 Å². The zero-order valence-electron chi connectivity index (χ0n) is 7.76. The molecule has 5 nitrogen and oxygen atoms in total. The molecule has 74 valence electrons. The number of imidazole rings is 1. The second-order valence-corrected chi connectivity index (χ2v) is 3.66. The maximum atomic E-state index is 11.5. The van der Waals surface area contributed by atoms with Gasteiger partial charge in [-0.15, -0.1) is 0 Å². The van der Waals surface area contributed by atoms with E-state index in [9.17, 15) is 4.79 Å². The zero-order valence-corrected chi connectivity index (χ0v) is 9.34. The summed E-state index contributed by atoms with van der Waals surface area (Å²) in [4.78, 5) is 20.4. The van der Waals surface area contributed by atoms with Crippen molar-refractivity contribution in [1.29, 1.82) is 0 Å². The Labute approximate surface area is 89.3 Å². The second kappa shape index (κ2) is 3.13. The predicted octanol–water partition coefficient (Wildman–Crippen LogP) is 1.21. The molecule has 1 aromatic heterocycles. The van der Waals surface area contributed by atoms with Crippen LogP contribution in [-0.2, 0) is 0 Å². The highest BCUT2D eigenvalue weighted by atomic mass is 79.9. The molecule has 0 aromatic carbocycles. The fourth-order valence-electron chi connectivity index (χ4n) is 1.38. The molecule has 0 radical (unpaired) electrons. The molecule has 0 aliphatic carbocycles. The smallest absolute Gasteiger partial charge is 0.277 e. The molecule has 0 atom stereocenters. The van der Waals surface area contributed by atoms with Crippen LogP contribution in [-0.4, -0.2) is 22.9 Å². The molecule has 0 bridgehead atoms. The average molecular weight is 257 g/mol. The molecule has 0 fully saturated rings. The number of carbonyl (C=O) groups is 1. The summed E-state index contributed by atoms with van der Waals surface area (Å²) in [5.74, 6) is 1.21. The number of carbonyl (C=O) groups excluding carboxylic acids is 1. The quantitative estimate of drug-likeness (QED) is 0.734. The van der Waals surface area contributed by atoms with Crippen LogP contribution in [0.4, 0.5) is 5.82 Å². The number of allylic oxidation sites excluding steroid dienone is 1. The first-order chi connectivity index (χ1) is 6.63. The van der Waals surface area contributed by atoms with E-state index in [1.54, 1.807) is 0 Å². The topological polar surface area (TPSA) is 61.0 Å². The molecule has 2 heterocycles. The standard InChI is InChI=1S/C8H9BrN4O/c1-3-4-10-7(14)5-6(13(4)2)12-8(9)11-5/h3H,1-2H3,(H,10,14)(H,11,12). The van der Waals surface area contributed by atoms with E-state index in [0.29, 0.717) is 16.2 Å². The molecule has 6 heteroatoms. The van der Waals surface area contributed by atoms with Crippen molar-refractivity contribution < 1.29 is 4.79 Å². The third kappa shape index (κ3) is 1.22. The number of rotatable bonds is 0. The minimum absolute atomic E-state index is 0.163. The lowest BCUT2D eigenvalue weighted by molar-refractivity contribution is 0.0956. The van der Waals surface area contributed by atoms with E-state index in [4.69, 9.17) is 0 Å². The summed E-state index contributed by atoms with van der Waals surface area (Å²) < 4.78 is 0.557. The van der Waals surface area contributed by atoms with E-state index in [1.807, 2.05) is 24.9 Å². The van der Waals surface area contributed by atoms with Gasteiger partial charge in [0.25, 0.3) is 5.91 Å². The van der Waals surface area contributed by atoms with Crippen LogP contribution < -0.4 is 10.2 Å². The van der Waals surface area contributed by atoms with Crippen molar-refractivity contribution in [2.45, 2.75) is 6.92 Å². The number of nitrogens with zero attached hydrogens (tertiary/aromatic N) is 2. The molecule has 0 unspecified atom stereocenters. The number of aromatic amines is 1. The lowest BCUT2D eigenvalue weighted by atomic mass is 10.3. The maximum Gasteiger partial charge on any atom is 0.277 e. The van der Waals surface area contributed by atoms with Gasteiger partial charge in [0.1, 0.15) is 11.5 Å². The van der Waals surface area contributed by atoms with Crippen LogP contribution in [0.1, 0.15) is 17.4 Å². The lowest BCUT2D eigenvalue weighted by Crippen LogP contribution is -2.39. The van der Waals surface area contributed by atoms with E-state index in [-0.39, 0.29) is 5.91 Å². The molecule has 0 saturated heterocycles. The molecule has 1 aliphatic heterocycles. The van der Waals surface area contributed by atoms with Gasteiger partial charge in [-0.25, -0.2) is 4.98 Å². The normalized spacial score (nSPS) is 18.4. The third-order valence-corrected chi connectivity index (χ3v) is 2.45. The van der Waals surface area contributed by atoms with Gasteiger partial charge in [-0.05, 0) is 28.9 Å². The highest BCUT2D eigenvalue weighted by molar-refractivity contribution is 9.10. The van der Waals surface area contributed by atoms with Crippen molar-refractivity contribution >= 4 is 27.7 Å². The molecule has 0 saturated carbocycles.